The second kappa shape index (κ2) is 9.42. The van der Waals surface area contributed by atoms with Gasteiger partial charge in [0.2, 0.25) is 5.91 Å². The van der Waals surface area contributed by atoms with E-state index in [0.29, 0.717) is 52.6 Å². The Hall–Kier alpha value is -2.37. The maximum atomic E-state index is 12.8. The summed E-state index contributed by atoms with van der Waals surface area (Å²) in [6, 6.07) is 12.7. The highest BCUT2D eigenvalue weighted by molar-refractivity contribution is 6.42. The minimum Gasteiger partial charge on any atom is -0.336 e. The summed E-state index contributed by atoms with van der Waals surface area (Å²) in [6.45, 7) is 4.44. The summed E-state index contributed by atoms with van der Waals surface area (Å²) in [5, 5.41) is 1.54. The van der Waals surface area contributed by atoms with Crippen molar-refractivity contribution >= 4 is 40.0 Å². The maximum absolute atomic E-state index is 12.8. The van der Waals surface area contributed by atoms with E-state index in [9.17, 15) is 9.59 Å². The Balaban J connectivity index is 1.63. The Morgan fingerprint density at radius 1 is 1.14 bits per heavy atom. The van der Waals surface area contributed by atoms with Crippen molar-refractivity contribution < 1.29 is 4.79 Å². The molecule has 0 bridgehead atoms. The largest absolute Gasteiger partial charge is 0.336 e. The summed E-state index contributed by atoms with van der Waals surface area (Å²) in [5.41, 5.74) is 1.45. The number of halogens is 2. The zero-order valence-corrected chi connectivity index (χ0v) is 17.9. The van der Waals surface area contributed by atoms with Gasteiger partial charge in [0.05, 0.1) is 20.9 Å². The molecule has 0 aliphatic carbocycles. The van der Waals surface area contributed by atoms with E-state index in [1.54, 1.807) is 18.2 Å². The molecule has 1 amide bonds. The summed E-state index contributed by atoms with van der Waals surface area (Å²) in [7, 11) is 0. The third-order valence-electron chi connectivity index (χ3n) is 4.75. The van der Waals surface area contributed by atoms with E-state index in [0.717, 1.165) is 5.56 Å². The highest BCUT2D eigenvalue weighted by Gasteiger charge is 2.18. The van der Waals surface area contributed by atoms with Gasteiger partial charge in [0.25, 0.3) is 5.56 Å². The predicted octanol–water partition coefficient (Wildman–Crippen LogP) is 4.99. The lowest BCUT2D eigenvalue weighted by Crippen LogP contribution is -2.36. The summed E-state index contributed by atoms with van der Waals surface area (Å²) in [5.74, 6) is 0.649. The van der Waals surface area contributed by atoms with Crippen LogP contribution in [0.15, 0.2) is 47.3 Å². The van der Waals surface area contributed by atoms with Gasteiger partial charge in [-0.15, -0.1) is 0 Å². The molecule has 1 aromatic heterocycles. The van der Waals surface area contributed by atoms with Gasteiger partial charge in [-0.3, -0.25) is 9.59 Å². The number of nitrogens with zero attached hydrogens (tertiary/aromatic N) is 2. The lowest BCUT2D eigenvalue weighted by molar-refractivity contribution is -0.133. The number of hydrogen-bond acceptors (Lipinski definition) is 3. The van der Waals surface area contributed by atoms with Crippen molar-refractivity contribution in [3.8, 4) is 0 Å². The molecule has 0 fully saturated rings. The molecule has 1 N–H and O–H groups in total. The fourth-order valence-electron chi connectivity index (χ4n) is 3.20. The van der Waals surface area contributed by atoms with Gasteiger partial charge in [-0.2, -0.15) is 0 Å². The number of aromatic nitrogens is 2. The quantitative estimate of drug-likeness (QED) is 0.572. The Labute approximate surface area is 179 Å². The van der Waals surface area contributed by atoms with Gasteiger partial charge >= 0.3 is 0 Å². The first-order chi connectivity index (χ1) is 13.8. The van der Waals surface area contributed by atoms with Gasteiger partial charge < -0.3 is 9.88 Å². The molecule has 5 nitrogen and oxygen atoms in total. The lowest BCUT2D eigenvalue weighted by Gasteiger charge is -2.27. The topological polar surface area (TPSA) is 66.1 Å². The average Bonchev–Trinajstić information content (AvgIpc) is 2.68. The summed E-state index contributed by atoms with van der Waals surface area (Å²) >= 11 is 12.1. The molecule has 0 aliphatic heterocycles. The van der Waals surface area contributed by atoms with Crippen molar-refractivity contribution in [3.05, 3.63) is 74.3 Å². The van der Waals surface area contributed by atoms with Crippen LogP contribution in [0.5, 0.6) is 0 Å². The van der Waals surface area contributed by atoms with Crippen LogP contribution in [0.3, 0.4) is 0 Å². The number of rotatable bonds is 7. The van der Waals surface area contributed by atoms with Crippen LogP contribution < -0.4 is 5.56 Å². The molecule has 0 unspecified atom stereocenters. The van der Waals surface area contributed by atoms with Crippen LogP contribution in [0.25, 0.3) is 10.9 Å². The Morgan fingerprint density at radius 3 is 2.62 bits per heavy atom. The molecule has 0 radical (unpaired) electrons. The SMILES string of the molecule is CC(C)N(Cc1ccc(Cl)c(Cl)c1)C(=O)CCCc1nc2ccccc2c(=O)[nH]1. The Bertz CT molecular complexity index is 1080. The molecule has 0 atom stereocenters. The van der Waals surface area contributed by atoms with Gasteiger partial charge in [0, 0.05) is 25.4 Å². The maximum Gasteiger partial charge on any atom is 0.258 e. The van der Waals surface area contributed by atoms with E-state index in [-0.39, 0.29) is 17.5 Å². The third kappa shape index (κ3) is 5.37. The van der Waals surface area contributed by atoms with Crippen molar-refractivity contribution in [2.45, 2.75) is 45.7 Å². The molecule has 0 spiro atoms. The fraction of sp³-hybridized carbons (Fsp3) is 0.318. The number of para-hydroxylation sites is 1. The number of aromatic amines is 1. The predicted molar refractivity (Wildman–Crippen MR) is 117 cm³/mol. The van der Waals surface area contributed by atoms with Crippen molar-refractivity contribution in [2.24, 2.45) is 0 Å². The molecular formula is C22H23Cl2N3O2. The number of hydrogen-bond donors (Lipinski definition) is 1. The van der Waals surface area contributed by atoms with Crippen molar-refractivity contribution in [3.63, 3.8) is 0 Å². The molecule has 0 saturated heterocycles. The van der Waals surface area contributed by atoms with Crippen molar-refractivity contribution in [1.29, 1.82) is 0 Å². The summed E-state index contributed by atoms with van der Waals surface area (Å²) in [4.78, 5) is 34.1. The van der Waals surface area contributed by atoms with Crippen LogP contribution in [-0.4, -0.2) is 26.8 Å². The number of carbonyl (C=O) groups is 1. The van der Waals surface area contributed by atoms with E-state index < -0.39 is 0 Å². The highest BCUT2D eigenvalue weighted by atomic mass is 35.5. The van der Waals surface area contributed by atoms with Gasteiger partial charge in [-0.05, 0) is 50.1 Å². The van der Waals surface area contributed by atoms with Crippen LogP contribution >= 0.6 is 23.2 Å². The van der Waals surface area contributed by atoms with Gasteiger partial charge in [-0.25, -0.2) is 4.98 Å². The molecule has 29 heavy (non-hydrogen) atoms. The minimum atomic E-state index is -0.152. The van der Waals surface area contributed by atoms with Crippen LogP contribution in [0.2, 0.25) is 10.0 Å². The minimum absolute atomic E-state index is 0.0502. The number of amides is 1. The number of fused-ring (bicyclic) bond motifs is 1. The monoisotopic (exact) mass is 431 g/mol. The van der Waals surface area contributed by atoms with Crippen LogP contribution in [0.1, 0.15) is 38.1 Å². The molecular weight excluding hydrogens is 409 g/mol. The fourth-order valence-corrected chi connectivity index (χ4v) is 3.52. The molecule has 3 aromatic rings. The smallest absolute Gasteiger partial charge is 0.258 e. The van der Waals surface area contributed by atoms with Crippen LogP contribution in [0.4, 0.5) is 0 Å². The standard InChI is InChI=1S/C22H23Cl2N3O2/c1-14(2)27(13-15-10-11-17(23)18(24)12-15)21(28)9-5-8-20-25-19-7-4-3-6-16(19)22(29)26-20/h3-4,6-7,10-12,14H,5,8-9,13H2,1-2H3,(H,25,26,29). The van der Waals surface area contributed by atoms with Crippen molar-refractivity contribution in [1.82, 2.24) is 14.9 Å². The van der Waals surface area contributed by atoms with E-state index in [1.807, 2.05) is 43.0 Å². The molecule has 2 aromatic carbocycles. The zero-order valence-electron chi connectivity index (χ0n) is 16.4. The first-order valence-corrected chi connectivity index (χ1v) is 10.3. The highest BCUT2D eigenvalue weighted by Crippen LogP contribution is 2.24. The third-order valence-corrected chi connectivity index (χ3v) is 5.49. The molecule has 7 heteroatoms. The second-order valence-electron chi connectivity index (χ2n) is 7.25. The molecule has 1 heterocycles. The molecule has 152 valence electrons. The van der Waals surface area contributed by atoms with Gasteiger partial charge in [-0.1, -0.05) is 41.4 Å². The Kier molecular flexibility index (Phi) is 6.93. The number of carbonyl (C=O) groups excluding carboxylic acids is 1. The first kappa shape index (κ1) is 21.3. The van der Waals surface area contributed by atoms with E-state index in [4.69, 9.17) is 23.2 Å². The van der Waals surface area contributed by atoms with Crippen molar-refractivity contribution in [2.75, 3.05) is 0 Å². The zero-order chi connectivity index (χ0) is 21.0. The average molecular weight is 432 g/mol. The van der Waals surface area contributed by atoms with E-state index in [2.05, 4.69) is 9.97 Å². The van der Waals surface area contributed by atoms with E-state index >= 15 is 0 Å². The van der Waals surface area contributed by atoms with Gasteiger partial charge in [0.15, 0.2) is 0 Å². The molecule has 3 rings (SSSR count). The van der Waals surface area contributed by atoms with Gasteiger partial charge in [0.1, 0.15) is 5.82 Å². The van der Waals surface area contributed by atoms with Crippen LogP contribution in [0, 0.1) is 0 Å². The number of benzene rings is 2. The normalized spacial score (nSPS) is 11.2. The first-order valence-electron chi connectivity index (χ1n) is 9.56. The second-order valence-corrected chi connectivity index (χ2v) is 8.06. The molecule has 0 saturated carbocycles. The number of H-pyrrole nitrogens is 1. The number of aryl methyl sites for hydroxylation is 1. The van der Waals surface area contributed by atoms with Crippen LogP contribution in [-0.2, 0) is 17.8 Å². The van der Waals surface area contributed by atoms with E-state index in [1.165, 1.54) is 0 Å². The lowest BCUT2D eigenvalue weighted by atomic mass is 10.1. The number of nitrogens with one attached hydrogen (secondary N) is 1. The Morgan fingerprint density at radius 2 is 1.90 bits per heavy atom. The molecule has 0 aliphatic rings. The summed E-state index contributed by atoms with van der Waals surface area (Å²) < 4.78 is 0. The summed E-state index contributed by atoms with van der Waals surface area (Å²) in [6.07, 6.45) is 1.51.